The van der Waals surface area contributed by atoms with Crippen molar-refractivity contribution < 1.29 is 4.52 Å². The van der Waals surface area contributed by atoms with Crippen molar-refractivity contribution in [3.8, 4) is 11.3 Å². The monoisotopic (exact) mass is 337 g/mol. The van der Waals surface area contributed by atoms with Gasteiger partial charge in [0.2, 0.25) is 0 Å². The Labute approximate surface area is 146 Å². The van der Waals surface area contributed by atoms with Gasteiger partial charge in [-0.2, -0.15) is 0 Å². The molecule has 0 amide bonds. The topological polar surface area (TPSA) is 82.8 Å². The van der Waals surface area contributed by atoms with Crippen molar-refractivity contribution in [1.82, 2.24) is 19.7 Å². The summed E-state index contributed by atoms with van der Waals surface area (Å²) in [5, 5.41) is 5.46. The lowest BCUT2D eigenvalue weighted by molar-refractivity contribution is 0.382. The van der Waals surface area contributed by atoms with Crippen molar-refractivity contribution in [2.24, 2.45) is 0 Å². The van der Waals surface area contributed by atoms with E-state index in [4.69, 9.17) is 10.3 Å². The molecule has 0 unspecified atom stereocenters. The largest absolute Gasteiger partial charge is 0.383 e. The predicted molar refractivity (Wildman–Crippen MR) is 96.5 cm³/mol. The zero-order chi connectivity index (χ0) is 17.3. The second kappa shape index (κ2) is 5.07. The van der Waals surface area contributed by atoms with Gasteiger partial charge in [0.1, 0.15) is 29.2 Å². The third-order valence-corrected chi connectivity index (χ3v) is 5.68. The lowest BCUT2D eigenvalue weighted by Crippen LogP contribution is -2.07. The lowest BCUT2D eigenvalue weighted by Gasteiger charge is -2.14. The minimum absolute atomic E-state index is 0.298. The van der Waals surface area contributed by atoms with Gasteiger partial charge in [-0.1, -0.05) is 12.1 Å². The van der Waals surface area contributed by atoms with Gasteiger partial charge >= 0.3 is 0 Å². The molecular weight excluding hydrogens is 314 g/mol. The van der Waals surface area contributed by atoms with E-state index in [2.05, 4.69) is 40.5 Å². The molecule has 5 rings (SSSR count). The van der Waals surface area contributed by atoms with E-state index in [9.17, 15) is 0 Å². The summed E-state index contributed by atoms with van der Waals surface area (Å²) in [4.78, 5) is 8.82. The summed E-state index contributed by atoms with van der Waals surface area (Å²) in [6, 6.07) is 0.298. The number of rotatable bonds is 2. The first-order valence-electron chi connectivity index (χ1n) is 9.21. The van der Waals surface area contributed by atoms with Gasteiger partial charge in [-0.15, -0.1) is 0 Å². The molecule has 25 heavy (non-hydrogen) atoms. The molecule has 3 aromatic rings. The van der Waals surface area contributed by atoms with Gasteiger partial charge in [-0.05, 0) is 45.4 Å². The van der Waals surface area contributed by atoms with Crippen molar-refractivity contribution in [1.29, 1.82) is 0 Å². The van der Waals surface area contributed by atoms with Crippen molar-refractivity contribution in [3.63, 3.8) is 0 Å². The molecular formula is C19H23N5O. The molecule has 2 N–H and O–H groups in total. The summed E-state index contributed by atoms with van der Waals surface area (Å²) in [5.41, 5.74) is 11.8. The van der Waals surface area contributed by atoms with Gasteiger partial charge in [0.25, 0.3) is 0 Å². The lowest BCUT2D eigenvalue weighted by atomic mass is 9.94. The smallest absolute Gasteiger partial charge is 0.146 e. The number of nitrogens with zero attached hydrogens (tertiary/aromatic N) is 4. The summed E-state index contributed by atoms with van der Waals surface area (Å²) in [6.07, 6.45) is 6.04. The van der Waals surface area contributed by atoms with Gasteiger partial charge in [-0.3, -0.25) is 0 Å². The quantitative estimate of drug-likeness (QED) is 0.758. The Balaban J connectivity index is 1.90. The number of fused-ring (bicyclic) bond motifs is 5. The summed E-state index contributed by atoms with van der Waals surface area (Å²) in [6.45, 7) is 6.66. The number of hydrogen-bond acceptors (Lipinski definition) is 5. The van der Waals surface area contributed by atoms with Crippen LogP contribution in [0.15, 0.2) is 10.9 Å². The number of nitrogen functional groups attached to an aromatic ring is 1. The van der Waals surface area contributed by atoms with Crippen molar-refractivity contribution in [2.45, 2.75) is 64.3 Å². The molecule has 1 fully saturated rings. The molecule has 2 aliphatic rings. The molecule has 0 bridgehead atoms. The fourth-order valence-corrected chi connectivity index (χ4v) is 4.37. The first kappa shape index (κ1) is 14.9. The SMILES string of the molecule is CC(C)n1c2c(c3c(N)ncnc31)-c1noc(C3CC3)c1[C@@H](C)CC2. The van der Waals surface area contributed by atoms with Gasteiger partial charge in [0, 0.05) is 28.8 Å². The number of nitrogens with two attached hydrogens (primary N) is 1. The minimum atomic E-state index is 0.298. The molecule has 0 radical (unpaired) electrons. The molecule has 1 atom stereocenters. The molecule has 130 valence electrons. The fourth-order valence-electron chi connectivity index (χ4n) is 4.37. The van der Waals surface area contributed by atoms with Crippen LogP contribution in [0, 0.1) is 0 Å². The van der Waals surface area contributed by atoms with Crippen LogP contribution in [0.1, 0.15) is 74.9 Å². The van der Waals surface area contributed by atoms with Crippen LogP contribution in [-0.4, -0.2) is 19.7 Å². The molecule has 3 aromatic heterocycles. The van der Waals surface area contributed by atoms with E-state index in [1.807, 2.05) is 0 Å². The molecule has 0 aliphatic heterocycles. The molecule has 0 saturated heterocycles. The summed E-state index contributed by atoms with van der Waals surface area (Å²) in [5.74, 6) is 2.60. The van der Waals surface area contributed by atoms with E-state index in [1.54, 1.807) is 6.33 Å². The van der Waals surface area contributed by atoms with Gasteiger partial charge in [-0.25, -0.2) is 9.97 Å². The average Bonchev–Trinajstić information content (AvgIpc) is 3.26. The summed E-state index contributed by atoms with van der Waals surface area (Å²) in [7, 11) is 0. The molecule has 1 saturated carbocycles. The van der Waals surface area contributed by atoms with Gasteiger partial charge < -0.3 is 14.8 Å². The van der Waals surface area contributed by atoms with Crippen LogP contribution in [0.4, 0.5) is 5.82 Å². The summed E-state index contributed by atoms with van der Waals surface area (Å²) >= 11 is 0. The Morgan fingerprint density at radius 2 is 2.04 bits per heavy atom. The van der Waals surface area contributed by atoms with E-state index in [0.717, 1.165) is 40.9 Å². The Kier molecular flexibility index (Phi) is 3.03. The van der Waals surface area contributed by atoms with E-state index in [0.29, 0.717) is 23.7 Å². The number of hydrogen-bond donors (Lipinski definition) is 1. The number of aromatic nitrogens is 4. The molecule has 6 nitrogen and oxygen atoms in total. The van der Waals surface area contributed by atoms with Crippen LogP contribution in [0.25, 0.3) is 22.3 Å². The Morgan fingerprint density at radius 3 is 2.76 bits per heavy atom. The normalized spacial score (nSPS) is 19.9. The van der Waals surface area contributed by atoms with Crippen LogP contribution in [-0.2, 0) is 6.42 Å². The molecule has 0 spiro atoms. The van der Waals surface area contributed by atoms with E-state index >= 15 is 0 Å². The van der Waals surface area contributed by atoms with Crippen LogP contribution >= 0.6 is 0 Å². The molecule has 0 aromatic carbocycles. The predicted octanol–water partition coefficient (Wildman–Crippen LogP) is 4.18. The highest BCUT2D eigenvalue weighted by atomic mass is 16.5. The van der Waals surface area contributed by atoms with Crippen LogP contribution < -0.4 is 5.73 Å². The van der Waals surface area contributed by atoms with E-state index in [-0.39, 0.29) is 0 Å². The van der Waals surface area contributed by atoms with E-state index in [1.165, 1.54) is 24.1 Å². The highest BCUT2D eigenvalue weighted by Crippen LogP contribution is 2.50. The highest BCUT2D eigenvalue weighted by Gasteiger charge is 2.38. The third-order valence-electron chi connectivity index (χ3n) is 5.68. The Bertz CT molecular complexity index is 980. The maximum absolute atomic E-state index is 6.29. The second-order valence-electron chi connectivity index (χ2n) is 7.77. The van der Waals surface area contributed by atoms with Crippen LogP contribution in [0.5, 0.6) is 0 Å². The third kappa shape index (κ3) is 2.00. The Hall–Kier alpha value is -2.37. The van der Waals surface area contributed by atoms with Crippen LogP contribution in [0.3, 0.4) is 0 Å². The second-order valence-corrected chi connectivity index (χ2v) is 7.77. The van der Waals surface area contributed by atoms with Crippen molar-refractivity contribution in [3.05, 3.63) is 23.3 Å². The van der Waals surface area contributed by atoms with Gasteiger partial charge in [0.15, 0.2) is 0 Å². The summed E-state index contributed by atoms with van der Waals surface area (Å²) < 4.78 is 8.14. The molecule has 3 heterocycles. The molecule has 2 aliphatic carbocycles. The highest BCUT2D eigenvalue weighted by molar-refractivity contribution is 6.02. The number of anilines is 1. The Morgan fingerprint density at radius 1 is 1.24 bits per heavy atom. The zero-order valence-electron chi connectivity index (χ0n) is 14.9. The zero-order valence-corrected chi connectivity index (χ0v) is 14.9. The standard InChI is InChI=1S/C19H23N5O/c1-9(2)24-12-7-4-10(3)13-16(23-25-17(13)11-5-6-11)14(12)15-18(20)21-8-22-19(15)24/h8-11H,4-7H2,1-3H3,(H2,20,21,22)/t10-/m0/s1. The van der Waals surface area contributed by atoms with E-state index < -0.39 is 0 Å². The van der Waals surface area contributed by atoms with Crippen molar-refractivity contribution >= 4 is 16.9 Å². The maximum atomic E-state index is 6.29. The fraction of sp³-hybridized carbons (Fsp3) is 0.526. The maximum Gasteiger partial charge on any atom is 0.146 e. The average molecular weight is 337 g/mol. The molecule has 6 heteroatoms. The first-order valence-corrected chi connectivity index (χ1v) is 9.21. The van der Waals surface area contributed by atoms with Crippen LogP contribution in [0.2, 0.25) is 0 Å². The first-order chi connectivity index (χ1) is 12.1. The van der Waals surface area contributed by atoms with Gasteiger partial charge in [0.05, 0.1) is 5.39 Å². The minimum Gasteiger partial charge on any atom is -0.383 e. The van der Waals surface area contributed by atoms with Crippen molar-refractivity contribution in [2.75, 3.05) is 5.73 Å².